The van der Waals surface area contributed by atoms with Gasteiger partial charge in [0, 0.05) is 6.20 Å². The quantitative estimate of drug-likeness (QED) is 0.294. The third kappa shape index (κ3) is 7.92. The van der Waals surface area contributed by atoms with E-state index in [0.29, 0.717) is 5.75 Å². The SMILES string of the molecule is I.NC(=NCCOc1cccnc1)Nc1ccccc1OC(F)(F)F. The second-order valence-electron chi connectivity index (χ2n) is 4.47. The maximum Gasteiger partial charge on any atom is 0.573 e. The molecule has 0 aliphatic heterocycles. The van der Waals surface area contributed by atoms with Gasteiger partial charge in [-0.15, -0.1) is 37.1 Å². The Morgan fingerprint density at radius 3 is 2.64 bits per heavy atom. The lowest BCUT2D eigenvalue weighted by Gasteiger charge is -2.14. The smallest absolute Gasteiger partial charge is 0.490 e. The predicted molar refractivity (Wildman–Crippen MR) is 98.4 cm³/mol. The number of ether oxygens (including phenoxy) is 2. The Balaban J connectivity index is 0.00000312. The maximum absolute atomic E-state index is 12.3. The van der Waals surface area contributed by atoms with E-state index in [-0.39, 0.29) is 48.8 Å². The van der Waals surface area contributed by atoms with Crippen LogP contribution in [0.1, 0.15) is 0 Å². The second kappa shape index (κ2) is 9.91. The van der Waals surface area contributed by atoms with Crippen LogP contribution in [-0.4, -0.2) is 30.5 Å². The van der Waals surface area contributed by atoms with Crippen LogP contribution in [0.15, 0.2) is 53.8 Å². The standard InChI is InChI=1S/C15H15F3N4O2.HI/c16-15(17,18)24-13-6-2-1-5-12(13)22-14(19)21-8-9-23-11-4-3-7-20-10-11;/h1-7,10H,8-9H2,(H3,19,21,22);1H. The first-order valence-electron chi connectivity index (χ1n) is 6.88. The Bertz CT molecular complexity index is 684. The summed E-state index contributed by atoms with van der Waals surface area (Å²) in [5, 5.41) is 2.57. The highest BCUT2D eigenvalue weighted by atomic mass is 127. The van der Waals surface area contributed by atoms with E-state index in [1.54, 1.807) is 30.6 Å². The lowest BCUT2D eigenvalue weighted by atomic mass is 10.3. The fraction of sp³-hybridized carbons (Fsp3) is 0.200. The number of nitrogens with one attached hydrogen (secondary N) is 1. The van der Waals surface area contributed by atoms with Crippen LogP contribution >= 0.6 is 24.0 Å². The summed E-state index contributed by atoms with van der Waals surface area (Å²) in [6.07, 6.45) is -1.62. The number of nitrogens with zero attached hydrogens (tertiary/aromatic N) is 2. The van der Waals surface area contributed by atoms with Crippen LogP contribution < -0.4 is 20.5 Å². The number of hydrogen-bond donors (Lipinski definition) is 2. The third-order valence-corrected chi connectivity index (χ3v) is 2.65. The van der Waals surface area contributed by atoms with Crippen molar-refractivity contribution >= 4 is 35.6 Å². The van der Waals surface area contributed by atoms with E-state index in [2.05, 4.69) is 20.0 Å². The molecule has 0 spiro atoms. The first-order chi connectivity index (χ1) is 11.4. The molecule has 0 fully saturated rings. The predicted octanol–water partition coefficient (Wildman–Crippen LogP) is 3.40. The van der Waals surface area contributed by atoms with Crippen molar-refractivity contribution in [2.75, 3.05) is 18.5 Å². The molecule has 2 rings (SSSR count). The van der Waals surface area contributed by atoms with Crippen LogP contribution in [0.5, 0.6) is 11.5 Å². The monoisotopic (exact) mass is 468 g/mol. The molecule has 25 heavy (non-hydrogen) atoms. The highest BCUT2D eigenvalue weighted by Crippen LogP contribution is 2.29. The van der Waals surface area contributed by atoms with Gasteiger partial charge in [0.15, 0.2) is 11.7 Å². The molecule has 2 aromatic rings. The van der Waals surface area contributed by atoms with Gasteiger partial charge in [-0.2, -0.15) is 0 Å². The number of halogens is 4. The summed E-state index contributed by atoms with van der Waals surface area (Å²) < 4.78 is 46.3. The number of hydrogen-bond acceptors (Lipinski definition) is 4. The summed E-state index contributed by atoms with van der Waals surface area (Å²) in [4.78, 5) is 7.86. The molecule has 1 heterocycles. The van der Waals surface area contributed by atoms with Gasteiger partial charge in [-0.3, -0.25) is 4.98 Å². The van der Waals surface area contributed by atoms with Gasteiger partial charge < -0.3 is 20.5 Å². The van der Waals surface area contributed by atoms with E-state index in [1.165, 1.54) is 18.2 Å². The van der Waals surface area contributed by atoms with Crippen molar-refractivity contribution in [2.24, 2.45) is 10.7 Å². The van der Waals surface area contributed by atoms with E-state index < -0.39 is 12.1 Å². The molecular formula is C15H16F3IN4O2. The summed E-state index contributed by atoms with van der Waals surface area (Å²) in [5.74, 6) is 0.140. The van der Waals surface area contributed by atoms with E-state index in [0.717, 1.165) is 0 Å². The molecule has 136 valence electrons. The normalized spacial score (nSPS) is 11.4. The number of nitrogens with two attached hydrogens (primary N) is 1. The van der Waals surface area contributed by atoms with E-state index in [1.807, 2.05) is 0 Å². The molecule has 0 aliphatic rings. The van der Waals surface area contributed by atoms with E-state index >= 15 is 0 Å². The number of para-hydroxylation sites is 2. The minimum Gasteiger partial charge on any atom is -0.490 e. The Kier molecular flexibility index (Phi) is 8.25. The van der Waals surface area contributed by atoms with Crippen molar-refractivity contribution in [1.29, 1.82) is 0 Å². The molecule has 6 nitrogen and oxygen atoms in total. The highest BCUT2D eigenvalue weighted by Gasteiger charge is 2.32. The summed E-state index contributed by atoms with van der Waals surface area (Å²) in [6, 6.07) is 9.00. The minimum atomic E-state index is -4.79. The summed E-state index contributed by atoms with van der Waals surface area (Å²) in [7, 11) is 0. The Morgan fingerprint density at radius 2 is 1.96 bits per heavy atom. The molecule has 10 heteroatoms. The Hall–Kier alpha value is -2.24. The minimum absolute atomic E-state index is 0. The van der Waals surface area contributed by atoms with Crippen LogP contribution in [0.3, 0.4) is 0 Å². The molecule has 0 saturated heterocycles. The summed E-state index contributed by atoms with van der Waals surface area (Å²) in [6.45, 7) is 0.463. The largest absolute Gasteiger partial charge is 0.573 e. The summed E-state index contributed by atoms with van der Waals surface area (Å²) in [5.41, 5.74) is 5.71. The second-order valence-corrected chi connectivity index (χ2v) is 4.47. The van der Waals surface area contributed by atoms with Gasteiger partial charge in [0.2, 0.25) is 0 Å². The van der Waals surface area contributed by atoms with Crippen LogP contribution in [0, 0.1) is 0 Å². The zero-order chi connectivity index (χ0) is 17.4. The maximum atomic E-state index is 12.3. The topological polar surface area (TPSA) is 81.8 Å². The van der Waals surface area contributed by atoms with Gasteiger partial charge in [0.05, 0.1) is 18.4 Å². The number of aromatic nitrogens is 1. The molecule has 3 N–H and O–H groups in total. The molecular weight excluding hydrogens is 452 g/mol. The van der Waals surface area contributed by atoms with E-state index in [9.17, 15) is 13.2 Å². The average molecular weight is 468 g/mol. The zero-order valence-electron chi connectivity index (χ0n) is 12.9. The number of alkyl halides is 3. The van der Waals surface area contributed by atoms with Crippen molar-refractivity contribution in [2.45, 2.75) is 6.36 Å². The van der Waals surface area contributed by atoms with Crippen LogP contribution in [0.2, 0.25) is 0 Å². The zero-order valence-corrected chi connectivity index (χ0v) is 15.2. The summed E-state index contributed by atoms with van der Waals surface area (Å²) >= 11 is 0. The van der Waals surface area contributed by atoms with Gasteiger partial charge in [0.25, 0.3) is 0 Å². The molecule has 1 aromatic heterocycles. The number of pyridine rings is 1. The fourth-order valence-electron chi connectivity index (χ4n) is 1.72. The van der Waals surface area contributed by atoms with Gasteiger partial charge in [-0.25, -0.2) is 4.99 Å². The molecule has 0 bridgehead atoms. The van der Waals surface area contributed by atoms with Crippen molar-refractivity contribution in [3.05, 3.63) is 48.8 Å². The van der Waals surface area contributed by atoms with Crippen molar-refractivity contribution in [3.8, 4) is 11.5 Å². The molecule has 0 aliphatic carbocycles. The van der Waals surface area contributed by atoms with Crippen LogP contribution in [0.4, 0.5) is 18.9 Å². The van der Waals surface area contributed by atoms with Gasteiger partial charge in [-0.1, -0.05) is 12.1 Å². The molecule has 0 amide bonds. The first kappa shape index (κ1) is 20.8. The van der Waals surface area contributed by atoms with Gasteiger partial charge in [0.1, 0.15) is 12.4 Å². The molecule has 0 unspecified atom stereocenters. The fourth-order valence-corrected chi connectivity index (χ4v) is 1.72. The molecule has 0 radical (unpaired) electrons. The van der Waals surface area contributed by atoms with Crippen molar-refractivity contribution < 1.29 is 22.6 Å². The van der Waals surface area contributed by atoms with E-state index in [4.69, 9.17) is 10.5 Å². The van der Waals surface area contributed by atoms with Gasteiger partial charge >= 0.3 is 6.36 Å². The molecule has 1 aromatic carbocycles. The first-order valence-corrected chi connectivity index (χ1v) is 6.88. The Labute approximate surface area is 159 Å². The number of guanidine groups is 1. The van der Waals surface area contributed by atoms with Crippen LogP contribution in [0.25, 0.3) is 0 Å². The number of aliphatic imine (C=N–C) groups is 1. The number of anilines is 1. The number of benzene rings is 1. The molecule has 0 atom stereocenters. The average Bonchev–Trinajstić information content (AvgIpc) is 2.53. The van der Waals surface area contributed by atoms with Crippen molar-refractivity contribution in [3.63, 3.8) is 0 Å². The highest BCUT2D eigenvalue weighted by molar-refractivity contribution is 14.0. The Morgan fingerprint density at radius 1 is 1.20 bits per heavy atom. The number of rotatable bonds is 6. The lowest BCUT2D eigenvalue weighted by molar-refractivity contribution is -0.274. The third-order valence-electron chi connectivity index (χ3n) is 2.65. The van der Waals surface area contributed by atoms with Crippen LogP contribution in [-0.2, 0) is 0 Å². The van der Waals surface area contributed by atoms with Crippen molar-refractivity contribution in [1.82, 2.24) is 4.98 Å². The lowest BCUT2D eigenvalue weighted by Crippen LogP contribution is -2.25. The van der Waals surface area contributed by atoms with Gasteiger partial charge in [-0.05, 0) is 24.3 Å². The molecule has 0 saturated carbocycles.